The third kappa shape index (κ3) is 3.22. The Kier molecular flexibility index (Phi) is 4.14. The highest BCUT2D eigenvalue weighted by atomic mass is 16.4. The molecule has 27 heavy (non-hydrogen) atoms. The number of amides is 1. The molecular formula is C23H26N2O2. The number of aromatic nitrogens is 1. The number of piperidine rings is 1. The Morgan fingerprint density at radius 2 is 2.00 bits per heavy atom. The molecule has 0 N–H and O–H groups in total. The van der Waals surface area contributed by atoms with Crippen LogP contribution in [0, 0.1) is 5.41 Å². The molecule has 2 aliphatic carbocycles. The molecule has 1 aliphatic heterocycles. The van der Waals surface area contributed by atoms with Gasteiger partial charge in [-0.05, 0) is 62.5 Å². The average Bonchev–Trinajstić information content (AvgIpc) is 3.47. The average molecular weight is 362 g/mol. The van der Waals surface area contributed by atoms with Gasteiger partial charge in [0.1, 0.15) is 5.76 Å². The Labute approximate surface area is 160 Å². The first-order valence-electron chi connectivity index (χ1n) is 10.2. The van der Waals surface area contributed by atoms with Crippen molar-refractivity contribution in [2.24, 2.45) is 5.41 Å². The largest absolute Gasteiger partial charge is 0.440 e. The maximum absolute atomic E-state index is 13.4. The minimum absolute atomic E-state index is 0.0662. The van der Waals surface area contributed by atoms with Gasteiger partial charge in [0.2, 0.25) is 5.89 Å². The second-order valence-electron chi connectivity index (χ2n) is 8.42. The molecule has 1 saturated carbocycles. The van der Waals surface area contributed by atoms with Gasteiger partial charge in [0.05, 0.1) is 0 Å². The van der Waals surface area contributed by atoms with Crippen molar-refractivity contribution in [1.29, 1.82) is 0 Å². The van der Waals surface area contributed by atoms with E-state index in [1.165, 1.54) is 12.8 Å². The normalized spacial score (nSPS) is 25.1. The summed E-state index contributed by atoms with van der Waals surface area (Å²) in [5, 5.41) is 0. The number of rotatable bonds is 3. The van der Waals surface area contributed by atoms with E-state index in [9.17, 15) is 4.79 Å². The molecule has 5 rings (SSSR count). The second kappa shape index (κ2) is 6.66. The van der Waals surface area contributed by atoms with Crippen molar-refractivity contribution >= 4 is 5.91 Å². The fourth-order valence-corrected chi connectivity index (χ4v) is 4.66. The van der Waals surface area contributed by atoms with Crippen molar-refractivity contribution < 1.29 is 9.21 Å². The van der Waals surface area contributed by atoms with Gasteiger partial charge in [0.15, 0.2) is 5.69 Å². The maximum atomic E-state index is 13.4. The number of hydrogen-bond donors (Lipinski definition) is 0. The fraction of sp³-hybridized carbons (Fsp3) is 0.478. The predicted octanol–water partition coefficient (Wildman–Crippen LogP) is 5.18. The Hall–Kier alpha value is -2.36. The van der Waals surface area contributed by atoms with E-state index in [0.29, 0.717) is 17.5 Å². The topological polar surface area (TPSA) is 46.3 Å². The maximum Gasteiger partial charge on any atom is 0.276 e. The number of carbonyl (C=O) groups is 1. The lowest BCUT2D eigenvalue weighted by Crippen LogP contribution is -2.46. The minimum Gasteiger partial charge on any atom is -0.440 e. The molecule has 2 heterocycles. The smallest absolute Gasteiger partial charge is 0.276 e. The van der Waals surface area contributed by atoms with Crippen LogP contribution in [0.3, 0.4) is 0 Å². The molecular weight excluding hydrogens is 336 g/mol. The summed E-state index contributed by atoms with van der Waals surface area (Å²) < 4.78 is 6.10. The summed E-state index contributed by atoms with van der Waals surface area (Å²) in [6.07, 6.45) is 12.5. The Balaban J connectivity index is 1.44. The van der Waals surface area contributed by atoms with Gasteiger partial charge in [-0.1, -0.05) is 30.4 Å². The molecule has 1 atom stereocenters. The molecule has 1 aromatic heterocycles. The summed E-state index contributed by atoms with van der Waals surface area (Å²) in [5.74, 6) is 1.82. The monoisotopic (exact) mass is 362 g/mol. The lowest BCUT2D eigenvalue weighted by atomic mass is 9.71. The van der Waals surface area contributed by atoms with E-state index in [2.05, 4.69) is 17.1 Å². The number of oxazole rings is 1. The molecule has 1 spiro atoms. The molecule has 0 bridgehead atoms. The van der Waals surface area contributed by atoms with Gasteiger partial charge in [0, 0.05) is 24.6 Å². The van der Waals surface area contributed by atoms with Crippen LogP contribution in [-0.4, -0.2) is 28.9 Å². The number of allylic oxidation sites excluding steroid dienone is 2. The van der Waals surface area contributed by atoms with Crippen molar-refractivity contribution in [2.75, 3.05) is 13.1 Å². The summed E-state index contributed by atoms with van der Waals surface area (Å²) in [5.41, 5.74) is 1.76. The second-order valence-corrected chi connectivity index (χ2v) is 8.42. The lowest BCUT2D eigenvalue weighted by Gasteiger charge is -2.43. The van der Waals surface area contributed by atoms with E-state index in [-0.39, 0.29) is 11.3 Å². The standard InChI is InChI=1S/C23H26N2O2/c26-22(25-15-7-14-23(16-25)12-5-2-6-13-23)19-20(17-10-11-17)27-21(24-19)18-8-3-1-4-9-18/h1-5,8-9,17H,6-7,10-16H2. The van der Waals surface area contributed by atoms with Crippen molar-refractivity contribution in [2.45, 2.75) is 50.9 Å². The minimum atomic E-state index is 0.0662. The highest BCUT2D eigenvalue weighted by Crippen LogP contribution is 2.45. The lowest BCUT2D eigenvalue weighted by molar-refractivity contribution is 0.0477. The molecule has 140 valence electrons. The van der Waals surface area contributed by atoms with Crippen molar-refractivity contribution in [3.05, 3.63) is 53.9 Å². The van der Waals surface area contributed by atoms with E-state index in [1.807, 2.05) is 35.2 Å². The van der Waals surface area contributed by atoms with Crippen molar-refractivity contribution in [3.63, 3.8) is 0 Å². The Morgan fingerprint density at radius 1 is 1.15 bits per heavy atom. The van der Waals surface area contributed by atoms with E-state index in [0.717, 1.165) is 56.5 Å². The summed E-state index contributed by atoms with van der Waals surface area (Å²) in [7, 11) is 0. The Morgan fingerprint density at radius 3 is 2.74 bits per heavy atom. The van der Waals surface area contributed by atoms with E-state index in [1.54, 1.807) is 0 Å². The first-order chi connectivity index (χ1) is 13.2. The molecule has 0 radical (unpaired) electrons. The van der Waals surface area contributed by atoms with Crippen LogP contribution in [0.15, 0.2) is 46.9 Å². The summed E-state index contributed by atoms with van der Waals surface area (Å²) >= 11 is 0. The zero-order valence-corrected chi connectivity index (χ0v) is 15.7. The van der Waals surface area contributed by atoms with Crippen LogP contribution in [-0.2, 0) is 0 Å². The summed E-state index contributed by atoms with van der Waals surface area (Å²) in [4.78, 5) is 20.1. The van der Waals surface area contributed by atoms with Crippen LogP contribution in [0.25, 0.3) is 11.5 Å². The van der Waals surface area contributed by atoms with Crippen LogP contribution < -0.4 is 0 Å². The predicted molar refractivity (Wildman–Crippen MR) is 104 cm³/mol. The number of likely N-dealkylation sites (tertiary alicyclic amines) is 1. The Bertz CT molecular complexity index is 866. The zero-order valence-electron chi connectivity index (χ0n) is 15.7. The number of benzene rings is 1. The van der Waals surface area contributed by atoms with Gasteiger partial charge >= 0.3 is 0 Å². The zero-order chi connectivity index (χ0) is 18.3. The third-order valence-electron chi connectivity index (χ3n) is 6.33. The quantitative estimate of drug-likeness (QED) is 0.707. The van der Waals surface area contributed by atoms with Crippen LogP contribution in [0.2, 0.25) is 0 Å². The molecule has 3 aliphatic rings. The third-order valence-corrected chi connectivity index (χ3v) is 6.33. The summed E-state index contributed by atoms with van der Waals surface area (Å²) in [6.45, 7) is 1.69. The van der Waals surface area contributed by atoms with Crippen LogP contribution in [0.5, 0.6) is 0 Å². The van der Waals surface area contributed by atoms with Crippen LogP contribution >= 0.6 is 0 Å². The molecule has 2 fully saturated rings. The molecule has 4 heteroatoms. The number of carbonyl (C=O) groups excluding carboxylic acids is 1. The van der Waals surface area contributed by atoms with Gasteiger partial charge in [-0.25, -0.2) is 4.98 Å². The van der Waals surface area contributed by atoms with Gasteiger partial charge in [-0.15, -0.1) is 0 Å². The molecule has 1 aromatic carbocycles. The number of nitrogens with zero attached hydrogens (tertiary/aromatic N) is 2. The van der Waals surface area contributed by atoms with E-state index < -0.39 is 0 Å². The van der Waals surface area contributed by atoms with Crippen molar-refractivity contribution in [3.8, 4) is 11.5 Å². The van der Waals surface area contributed by atoms with Crippen LogP contribution in [0.1, 0.15) is 67.1 Å². The van der Waals surface area contributed by atoms with E-state index in [4.69, 9.17) is 4.42 Å². The number of hydrogen-bond acceptors (Lipinski definition) is 3. The van der Waals surface area contributed by atoms with Gasteiger partial charge in [-0.2, -0.15) is 0 Å². The van der Waals surface area contributed by atoms with Gasteiger partial charge in [0.25, 0.3) is 5.91 Å². The van der Waals surface area contributed by atoms with Crippen LogP contribution in [0.4, 0.5) is 0 Å². The molecule has 2 aromatic rings. The fourth-order valence-electron chi connectivity index (χ4n) is 4.66. The van der Waals surface area contributed by atoms with Crippen molar-refractivity contribution in [1.82, 2.24) is 9.88 Å². The SMILES string of the molecule is O=C(c1nc(-c2ccccc2)oc1C1CC1)N1CCCC2(CC=CCC2)C1. The highest BCUT2D eigenvalue weighted by molar-refractivity contribution is 5.94. The van der Waals surface area contributed by atoms with Gasteiger partial charge in [-0.3, -0.25) is 4.79 Å². The van der Waals surface area contributed by atoms with Gasteiger partial charge < -0.3 is 9.32 Å². The highest BCUT2D eigenvalue weighted by Gasteiger charge is 2.40. The molecule has 4 nitrogen and oxygen atoms in total. The van der Waals surface area contributed by atoms with E-state index >= 15 is 0 Å². The molecule has 1 amide bonds. The molecule has 1 unspecified atom stereocenters. The summed E-state index contributed by atoms with van der Waals surface area (Å²) in [6, 6.07) is 9.90. The first-order valence-corrected chi connectivity index (χ1v) is 10.2. The molecule has 1 saturated heterocycles. The first kappa shape index (κ1) is 16.8.